The van der Waals surface area contributed by atoms with Crippen LogP contribution in [0.25, 0.3) is 5.69 Å². The van der Waals surface area contributed by atoms with Gasteiger partial charge in [0.1, 0.15) is 6.10 Å². The van der Waals surface area contributed by atoms with Crippen LogP contribution in [-0.4, -0.2) is 56.9 Å². The summed E-state index contributed by atoms with van der Waals surface area (Å²) in [5.41, 5.74) is 2.35. The van der Waals surface area contributed by atoms with Gasteiger partial charge < -0.3 is 14.4 Å². The van der Waals surface area contributed by atoms with Crippen molar-refractivity contribution in [3.8, 4) is 17.4 Å². The van der Waals surface area contributed by atoms with Crippen LogP contribution in [0.4, 0.5) is 0 Å². The summed E-state index contributed by atoms with van der Waals surface area (Å²) in [7, 11) is 1.53. The summed E-state index contributed by atoms with van der Waals surface area (Å²) >= 11 is 0. The third-order valence-electron chi connectivity index (χ3n) is 5.01. The lowest BCUT2D eigenvalue weighted by atomic mass is 10.1. The molecule has 2 aromatic heterocycles. The molecule has 3 heterocycles. The first-order chi connectivity index (χ1) is 14.2. The number of benzene rings is 1. The summed E-state index contributed by atoms with van der Waals surface area (Å²) in [5.74, 6) is 0.655. The molecular weight excluding hydrogens is 370 g/mol. The summed E-state index contributed by atoms with van der Waals surface area (Å²) < 4.78 is 13.0. The van der Waals surface area contributed by atoms with Crippen molar-refractivity contribution in [3.63, 3.8) is 0 Å². The molecule has 0 N–H and O–H groups in total. The number of nitrogens with zero attached hydrogens (tertiary/aromatic N) is 5. The molecule has 8 nitrogen and oxygen atoms in total. The van der Waals surface area contributed by atoms with Gasteiger partial charge in [0.25, 0.3) is 17.7 Å². The smallest absolute Gasteiger partial charge is 0.278 e. The number of carbonyl (C=O) groups is 1. The van der Waals surface area contributed by atoms with Gasteiger partial charge >= 0.3 is 0 Å². The van der Waals surface area contributed by atoms with Crippen molar-refractivity contribution >= 4 is 5.91 Å². The number of hydrogen-bond donors (Lipinski definition) is 0. The number of likely N-dealkylation sites (tertiary alicyclic amines) is 1. The van der Waals surface area contributed by atoms with E-state index in [2.05, 4.69) is 15.1 Å². The maximum Gasteiger partial charge on any atom is 0.278 e. The Balaban J connectivity index is 1.49. The summed E-state index contributed by atoms with van der Waals surface area (Å²) in [6.07, 6.45) is 6.28. The topological polar surface area (TPSA) is 82.4 Å². The molecule has 4 rings (SSSR count). The van der Waals surface area contributed by atoms with Gasteiger partial charge in [0.05, 0.1) is 36.8 Å². The molecule has 0 aliphatic carbocycles. The van der Waals surface area contributed by atoms with Gasteiger partial charge in [-0.1, -0.05) is 18.2 Å². The maximum absolute atomic E-state index is 13.2. The lowest BCUT2D eigenvalue weighted by molar-refractivity contribution is 0.0518. The molecule has 1 fully saturated rings. The normalized spacial score (nSPS) is 16.5. The predicted octanol–water partition coefficient (Wildman–Crippen LogP) is 2.66. The molecule has 29 heavy (non-hydrogen) atoms. The van der Waals surface area contributed by atoms with E-state index in [0.717, 1.165) is 24.2 Å². The number of para-hydroxylation sites is 1. The number of ether oxygens (including phenoxy) is 2. The zero-order valence-corrected chi connectivity index (χ0v) is 16.5. The quantitative estimate of drug-likeness (QED) is 0.663. The number of aromatic nitrogens is 4. The van der Waals surface area contributed by atoms with Crippen LogP contribution in [0, 0.1) is 6.92 Å². The first-order valence-electron chi connectivity index (χ1n) is 9.58. The Morgan fingerprint density at radius 3 is 2.66 bits per heavy atom. The van der Waals surface area contributed by atoms with Crippen molar-refractivity contribution in [1.29, 1.82) is 0 Å². The Kier molecular flexibility index (Phi) is 5.41. The van der Waals surface area contributed by atoms with Gasteiger partial charge in [-0.15, -0.1) is 0 Å². The van der Waals surface area contributed by atoms with Crippen LogP contribution in [-0.2, 0) is 0 Å². The predicted molar refractivity (Wildman–Crippen MR) is 106 cm³/mol. The van der Waals surface area contributed by atoms with Gasteiger partial charge in [-0.2, -0.15) is 5.10 Å². The Morgan fingerprint density at radius 2 is 1.90 bits per heavy atom. The lowest BCUT2D eigenvalue weighted by Crippen LogP contribution is -2.44. The second kappa shape index (κ2) is 8.30. The van der Waals surface area contributed by atoms with Gasteiger partial charge in [-0.25, -0.2) is 14.6 Å². The van der Waals surface area contributed by atoms with Crippen LogP contribution < -0.4 is 9.47 Å². The highest BCUT2D eigenvalue weighted by Gasteiger charge is 2.28. The van der Waals surface area contributed by atoms with E-state index in [-0.39, 0.29) is 12.0 Å². The molecule has 0 spiro atoms. The fraction of sp³-hybridized carbons (Fsp3) is 0.333. The molecular formula is C21H23N5O3. The molecule has 150 valence electrons. The second-order valence-electron chi connectivity index (χ2n) is 6.90. The highest BCUT2D eigenvalue weighted by atomic mass is 16.5. The number of methoxy groups -OCH3 is 1. The van der Waals surface area contributed by atoms with E-state index in [1.807, 2.05) is 42.2 Å². The molecule has 0 bridgehead atoms. The fourth-order valence-electron chi connectivity index (χ4n) is 3.53. The van der Waals surface area contributed by atoms with Crippen molar-refractivity contribution in [3.05, 3.63) is 60.2 Å². The highest BCUT2D eigenvalue weighted by Crippen LogP contribution is 2.25. The lowest BCUT2D eigenvalue weighted by Gasteiger charge is -2.32. The van der Waals surface area contributed by atoms with Crippen molar-refractivity contribution in [2.45, 2.75) is 25.9 Å². The minimum Gasteiger partial charge on any atom is -0.477 e. The van der Waals surface area contributed by atoms with Gasteiger partial charge in [-0.05, 0) is 31.9 Å². The van der Waals surface area contributed by atoms with Crippen LogP contribution in [0.15, 0.2) is 48.9 Å². The number of hydrogen-bond acceptors (Lipinski definition) is 6. The van der Waals surface area contributed by atoms with Crippen LogP contribution in [0.3, 0.4) is 0 Å². The summed E-state index contributed by atoms with van der Waals surface area (Å²) in [6.45, 7) is 3.08. The molecule has 1 amide bonds. The molecule has 0 saturated carbocycles. The minimum absolute atomic E-state index is 0.0379. The standard InChI is InChI=1S/C21H23N5O3/c1-15-18(13-24-26(15)16-7-4-3-5-8-16)21(27)25-12-6-9-17(14-25)29-20-19(28-2)22-10-11-23-20/h3-5,7-8,10-11,13,17H,6,9,12,14H2,1-2H3. The minimum atomic E-state index is -0.164. The Labute approximate surface area is 169 Å². The summed E-state index contributed by atoms with van der Waals surface area (Å²) in [4.78, 5) is 23.3. The maximum atomic E-state index is 13.2. The second-order valence-corrected chi connectivity index (χ2v) is 6.90. The van der Waals surface area contributed by atoms with Gasteiger partial charge in [0.2, 0.25) is 0 Å². The van der Waals surface area contributed by atoms with E-state index in [1.54, 1.807) is 23.3 Å². The fourth-order valence-corrected chi connectivity index (χ4v) is 3.53. The molecule has 3 aromatic rings. The van der Waals surface area contributed by atoms with Gasteiger partial charge in [0.15, 0.2) is 0 Å². The molecule has 0 radical (unpaired) electrons. The SMILES string of the molecule is COc1nccnc1OC1CCCN(C(=O)c2cnn(-c3ccccc3)c2C)C1. The van der Waals surface area contributed by atoms with E-state index in [1.165, 1.54) is 7.11 Å². The largest absolute Gasteiger partial charge is 0.477 e. The average Bonchev–Trinajstić information content (AvgIpc) is 3.15. The highest BCUT2D eigenvalue weighted by molar-refractivity contribution is 5.95. The van der Waals surface area contributed by atoms with Crippen molar-refractivity contribution in [1.82, 2.24) is 24.6 Å². The van der Waals surface area contributed by atoms with E-state index < -0.39 is 0 Å². The third kappa shape index (κ3) is 3.91. The molecule has 1 unspecified atom stereocenters. The first-order valence-corrected chi connectivity index (χ1v) is 9.58. The average molecular weight is 393 g/mol. The van der Waals surface area contributed by atoms with Crippen molar-refractivity contribution < 1.29 is 14.3 Å². The van der Waals surface area contributed by atoms with Gasteiger partial charge in [-0.3, -0.25) is 4.79 Å². The number of piperidine rings is 1. The Hall–Kier alpha value is -3.42. The summed E-state index contributed by atoms with van der Waals surface area (Å²) in [5, 5.41) is 4.41. The van der Waals surface area contributed by atoms with Gasteiger partial charge in [0, 0.05) is 18.9 Å². The monoisotopic (exact) mass is 393 g/mol. The van der Waals surface area contributed by atoms with Crippen LogP contribution in [0.5, 0.6) is 11.8 Å². The molecule has 1 aliphatic heterocycles. The van der Waals surface area contributed by atoms with Crippen LogP contribution in [0.1, 0.15) is 28.9 Å². The summed E-state index contributed by atoms with van der Waals surface area (Å²) in [6, 6.07) is 9.78. The van der Waals surface area contributed by atoms with Crippen LogP contribution >= 0.6 is 0 Å². The van der Waals surface area contributed by atoms with Crippen molar-refractivity contribution in [2.24, 2.45) is 0 Å². The van der Waals surface area contributed by atoms with E-state index in [9.17, 15) is 4.79 Å². The third-order valence-corrected chi connectivity index (χ3v) is 5.01. The molecule has 8 heteroatoms. The molecule has 1 atom stereocenters. The van der Waals surface area contributed by atoms with Crippen molar-refractivity contribution in [2.75, 3.05) is 20.2 Å². The molecule has 1 aliphatic rings. The Morgan fingerprint density at radius 1 is 1.14 bits per heavy atom. The zero-order chi connectivity index (χ0) is 20.2. The number of carbonyl (C=O) groups excluding carboxylic acids is 1. The number of amides is 1. The van der Waals surface area contributed by atoms with E-state index in [4.69, 9.17) is 9.47 Å². The molecule has 1 aromatic carbocycles. The zero-order valence-electron chi connectivity index (χ0n) is 16.5. The number of rotatable bonds is 5. The van der Waals surface area contributed by atoms with Crippen LogP contribution in [0.2, 0.25) is 0 Å². The Bertz CT molecular complexity index is 989. The molecule has 1 saturated heterocycles. The van der Waals surface area contributed by atoms with E-state index >= 15 is 0 Å². The van der Waals surface area contributed by atoms with E-state index in [0.29, 0.717) is 30.4 Å². The first kappa shape index (κ1) is 18.9.